The molecule has 0 aromatic heterocycles. The highest BCUT2D eigenvalue weighted by Crippen LogP contribution is 1.88. The first-order valence-electron chi connectivity index (χ1n) is 7.99. The maximum absolute atomic E-state index is 11.3. The van der Waals surface area contributed by atoms with Crippen LogP contribution in [0.15, 0.2) is 0 Å². The Morgan fingerprint density at radius 3 is 1.52 bits per heavy atom. The fourth-order valence-electron chi connectivity index (χ4n) is 1.61. The van der Waals surface area contributed by atoms with Gasteiger partial charge in [-0.15, -0.1) is 0 Å². The van der Waals surface area contributed by atoms with Gasteiger partial charge in [0.2, 0.25) is 5.91 Å². The van der Waals surface area contributed by atoms with Crippen molar-refractivity contribution in [3.63, 3.8) is 0 Å². The molecule has 0 aromatic carbocycles. The number of nitrogens with one attached hydrogen (secondary N) is 5. The molecule has 0 aliphatic carbocycles. The fraction of sp³-hybridized carbons (Fsp3) is 0.929. The van der Waals surface area contributed by atoms with Crippen molar-refractivity contribution in [2.45, 2.75) is 13.8 Å². The Bertz CT molecular complexity index is 238. The van der Waals surface area contributed by atoms with Gasteiger partial charge in [-0.05, 0) is 0 Å². The van der Waals surface area contributed by atoms with Gasteiger partial charge < -0.3 is 32.3 Å². The first-order chi connectivity index (χ1) is 10.2. The van der Waals surface area contributed by atoms with Crippen LogP contribution >= 0.6 is 0 Å². The monoisotopic (exact) mass is 302 g/mol. The van der Waals surface area contributed by atoms with Gasteiger partial charge in [-0.1, -0.05) is 13.8 Å². The minimum absolute atomic E-state index is 0.0599. The van der Waals surface area contributed by atoms with Gasteiger partial charge in [0.1, 0.15) is 0 Å². The molecule has 0 rings (SSSR count). The van der Waals surface area contributed by atoms with Gasteiger partial charge in [-0.25, -0.2) is 0 Å². The number of hydrogen-bond acceptors (Lipinski definition) is 6. The van der Waals surface area contributed by atoms with Gasteiger partial charge in [-0.3, -0.25) is 4.79 Å². The molecule has 0 aliphatic heterocycles. The van der Waals surface area contributed by atoms with Crippen LogP contribution in [0.1, 0.15) is 13.8 Å². The summed E-state index contributed by atoms with van der Waals surface area (Å²) in [4.78, 5) is 11.3. The van der Waals surface area contributed by atoms with Crippen molar-refractivity contribution in [2.24, 2.45) is 11.7 Å². The minimum Gasteiger partial charge on any atom is -0.355 e. The van der Waals surface area contributed by atoms with Crippen molar-refractivity contribution in [2.75, 3.05) is 65.4 Å². The van der Waals surface area contributed by atoms with E-state index in [1.807, 2.05) is 13.8 Å². The van der Waals surface area contributed by atoms with Gasteiger partial charge >= 0.3 is 0 Å². The van der Waals surface area contributed by atoms with Crippen molar-refractivity contribution in [1.82, 2.24) is 26.6 Å². The summed E-state index contributed by atoms with van der Waals surface area (Å²) in [6.45, 7) is 12.6. The number of rotatable bonds is 15. The van der Waals surface area contributed by atoms with E-state index in [0.717, 1.165) is 52.4 Å². The lowest BCUT2D eigenvalue weighted by Gasteiger charge is -2.09. The van der Waals surface area contributed by atoms with Crippen molar-refractivity contribution < 1.29 is 4.79 Å². The minimum atomic E-state index is 0.0599. The molecule has 7 heteroatoms. The lowest BCUT2D eigenvalue weighted by molar-refractivity contribution is -0.123. The number of nitrogens with two attached hydrogens (primary N) is 1. The highest BCUT2D eigenvalue weighted by Gasteiger charge is 2.04. The smallest absolute Gasteiger partial charge is 0.222 e. The van der Waals surface area contributed by atoms with E-state index in [4.69, 9.17) is 5.73 Å². The summed E-state index contributed by atoms with van der Waals surface area (Å²) in [7, 11) is 0. The highest BCUT2D eigenvalue weighted by atomic mass is 16.1. The molecule has 0 spiro atoms. The number of carbonyl (C=O) groups excluding carboxylic acids is 1. The van der Waals surface area contributed by atoms with E-state index in [-0.39, 0.29) is 11.8 Å². The van der Waals surface area contributed by atoms with Crippen LogP contribution in [0, 0.1) is 5.92 Å². The average Bonchev–Trinajstić information content (AvgIpc) is 2.47. The molecule has 126 valence electrons. The zero-order valence-electron chi connectivity index (χ0n) is 13.6. The molecule has 0 heterocycles. The Balaban J connectivity index is 3.04. The number of carbonyl (C=O) groups is 1. The molecule has 0 radical (unpaired) electrons. The predicted molar refractivity (Wildman–Crippen MR) is 88.4 cm³/mol. The largest absolute Gasteiger partial charge is 0.355 e. The molecule has 7 N–H and O–H groups in total. The molecule has 7 nitrogen and oxygen atoms in total. The molecule has 1 amide bonds. The molecular weight excluding hydrogens is 268 g/mol. The zero-order valence-corrected chi connectivity index (χ0v) is 13.6. The highest BCUT2D eigenvalue weighted by molar-refractivity contribution is 5.77. The fourth-order valence-corrected chi connectivity index (χ4v) is 1.61. The second-order valence-electron chi connectivity index (χ2n) is 5.23. The van der Waals surface area contributed by atoms with E-state index < -0.39 is 0 Å². The quantitative estimate of drug-likeness (QED) is 0.197. The Hall–Kier alpha value is -0.730. The summed E-state index contributed by atoms with van der Waals surface area (Å²) >= 11 is 0. The van der Waals surface area contributed by atoms with Crippen molar-refractivity contribution in [3.8, 4) is 0 Å². The topological polar surface area (TPSA) is 103 Å². The SMILES string of the molecule is CC(C)C(=O)NCCNCCNCCNCCNCCN. The molecule has 0 bridgehead atoms. The van der Waals surface area contributed by atoms with Gasteiger partial charge in [-0.2, -0.15) is 0 Å². The maximum Gasteiger partial charge on any atom is 0.222 e. The maximum atomic E-state index is 11.3. The molecule has 0 unspecified atom stereocenters. The van der Waals surface area contributed by atoms with E-state index in [0.29, 0.717) is 13.1 Å². The summed E-state index contributed by atoms with van der Waals surface area (Å²) in [5.41, 5.74) is 5.38. The van der Waals surface area contributed by atoms with Crippen molar-refractivity contribution >= 4 is 5.91 Å². The Labute approximate surface area is 129 Å². The van der Waals surface area contributed by atoms with E-state index in [1.165, 1.54) is 0 Å². The Kier molecular flexibility index (Phi) is 15.1. The average molecular weight is 302 g/mol. The Morgan fingerprint density at radius 1 is 0.762 bits per heavy atom. The van der Waals surface area contributed by atoms with Gasteiger partial charge in [0.15, 0.2) is 0 Å². The van der Waals surface area contributed by atoms with E-state index in [1.54, 1.807) is 0 Å². The van der Waals surface area contributed by atoms with Gasteiger partial charge in [0, 0.05) is 71.4 Å². The number of hydrogen-bond donors (Lipinski definition) is 6. The van der Waals surface area contributed by atoms with Gasteiger partial charge in [0.05, 0.1) is 0 Å². The van der Waals surface area contributed by atoms with Crippen molar-refractivity contribution in [3.05, 3.63) is 0 Å². The van der Waals surface area contributed by atoms with Crippen LogP contribution in [0.2, 0.25) is 0 Å². The Morgan fingerprint density at radius 2 is 1.14 bits per heavy atom. The third-order valence-corrected chi connectivity index (χ3v) is 2.88. The standard InChI is InChI=1S/C14H34N6O/c1-13(2)14(21)20-12-11-19-10-9-18-8-7-17-6-5-16-4-3-15/h13,16-19H,3-12,15H2,1-2H3,(H,20,21). The lowest BCUT2D eigenvalue weighted by Crippen LogP contribution is -2.38. The lowest BCUT2D eigenvalue weighted by atomic mass is 10.2. The van der Waals surface area contributed by atoms with Crippen LogP contribution in [-0.2, 0) is 4.79 Å². The molecule has 0 fully saturated rings. The summed E-state index contributed by atoms with van der Waals surface area (Å²) in [5.74, 6) is 0.173. The second-order valence-corrected chi connectivity index (χ2v) is 5.23. The van der Waals surface area contributed by atoms with Crippen molar-refractivity contribution in [1.29, 1.82) is 0 Å². The van der Waals surface area contributed by atoms with Crippen LogP contribution in [0.25, 0.3) is 0 Å². The molecular formula is C14H34N6O. The molecule has 0 aliphatic rings. The van der Waals surface area contributed by atoms with E-state index in [9.17, 15) is 4.79 Å². The molecule has 0 saturated heterocycles. The van der Waals surface area contributed by atoms with Crippen LogP contribution < -0.4 is 32.3 Å². The summed E-state index contributed by atoms with van der Waals surface area (Å²) in [6.07, 6.45) is 0. The van der Waals surface area contributed by atoms with E-state index in [2.05, 4.69) is 26.6 Å². The van der Waals surface area contributed by atoms with Crippen LogP contribution in [0.3, 0.4) is 0 Å². The van der Waals surface area contributed by atoms with Gasteiger partial charge in [0.25, 0.3) is 0 Å². The zero-order chi connectivity index (χ0) is 15.8. The first-order valence-corrected chi connectivity index (χ1v) is 7.99. The van der Waals surface area contributed by atoms with E-state index >= 15 is 0 Å². The third kappa shape index (κ3) is 15.5. The van der Waals surface area contributed by atoms with Crippen LogP contribution in [0.4, 0.5) is 0 Å². The normalized spacial score (nSPS) is 11.0. The third-order valence-electron chi connectivity index (χ3n) is 2.88. The summed E-state index contributed by atoms with van der Waals surface area (Å²) in [6, 6.07) is 0. The molecule has 0 saturated carbocycles. The number of amides is 1. The van der Waals surface area contributed by atoms with Crippen LogP contribution in [-0.4, -0.2) is 71.4 Å². The molecule has 0 aromatic rings. The second kappa shape index (κ2) is 15.7. The first kappa shape index (κ1) is 20.3. The predicted octanol–water partition coefficient (Wildman–Crippen LogP) is -1.92. The summed E-state index contributed by atoms with van der Waals surface area (Å²) < 4.78 is 0. The van der Waals surface area contributed by atoms with Crippen LogP contribution in [0.5, 0.6) is 0 Å². The molecule has 21 heavy (non-hydrogen) atoms. The summed E-state index contributed by atoms with van der Waals surface area (Å²) in [5, 5.41) is 16.1. The molecule has 0 atom stereocenters.